The van der Waals surface area contributed by atoms with Gasteiger partial charge in [-0.05, 0) is 10.3 Å². The summed E-state index contributed by atoms with van der Waals surface area (Å²) in [5.41, 5.74) is 4.91. The monoisotopic (exact) mass is 214 g/mol. The Bertz CT molecular complexity index is 347. The van der Waals surface area contributed by atoms with Gasteiger partial charge in [0.05, 0.1) is 0 Å². The van der Waals surface area contributed by atoms with Crippen molar-refractivity contribution in [3.8, 4) is 0 Å². The number of carbonyl (C=O) groups excluding carboxylic acids is 1. The van der Waals surface area contributed by atoms with Crippen molar-refractivity contribution >= 4 is 11.7 Å². The Morgan fingerprint density at radius 2 is 2.27 bits per heavy atom. The van der Waals surface area contributed by atoms with E-state index in [1.54, 1.807) is 0 Å². The maximum atomic E-state index is 11.5. The second-order valence-corrected chi connectivity index (χ2v) is 4.00. The number of aliphatic hydroxyl groups is 1. The largest absolute Gasteiger partial charge is 0.396 e. The molecule has 7 nitrogen and oxygen atoms in total. The van der Waals surface area contributed by atoms with Crippen molar-refractivity contribution in [3.63, 3.8) is 0 Å². The summed E-state index contributed by atoms with van der Waals surface area (Å²) in [4.78, 5) is 11.5. The topological polar surface area (TPSA) is 114 Å². The van der Waals surface area contributed by atoms with Crippen LogP contribution in [0.2, 0.25) is 0 Å². The molecule has 0 atom stereocenters. The molecule has 4 N–H and O–H groups in total. The molecule has 0 fully saturated rings. The van der Waals surface area contributed by atoms with E-state index in [4.69, 9.17) is 10.8 Å². The second kappa shape index (κ2) is 4.26. The smallest absolute Gasteiger partial charge is 0.277 e. The summed E-state index contributed by atoms with van der Waals surface area (Å²) in [5.74, 6) is -0.510. The minimum atomic E-state index is -0.463. The highest BCUT2D eigenvalue weighted by molar-refractivity contribution is 5.95. The van der Waals surface area contributed by atoms with Gasteiger partial charge in [-0.25, -0.2) is 4.63 Å². The molecule has 1 amide bonds. The highest BCUT2D eigenvalue weighted by Crippen LogP contribution is 2.12. The van der Waals surface area contributed by atoms with Gasteiger partial charge in [-0.15, -0.1) is 0 Å². The summed E-state index contributed by atoms with van der Waals surface area (Å²) in [6.07, 6.45) is 0. The first-order chi connectivity index (χ1) is 6.96. The van der Waals surface area contributed by atoms with Crippen molar-refractivity contribution in [2.45, 2.75) is 13.8 Å². The molecule has 1 heterocycles. The quantitative estimate of drug-likeness (QED) is 0.616. The number of rotatable bonds is 4. The molecule has 1 aromatic heterocycles. The van der Waals surface area contributed by atoms with Gasteiger partial charge < -0.3 is 16.2 Å². The van der Waals surface area contributed by atoms with E-state index in [1.165, 1.54) is 0 Å². The summed E-state index contributed by atoms with van der Waals surface area (Å²) in [5, 5.41) is 18.2. The molecule has 0 saturated heterocycles. The highest BCUT2D eigenvalue weighted by Gasteiger charge is 2.21. The molecule has 0 spiro atoms. The first-order valence-corrected chi connectivity index (χ1v) is 4.43. The van der Waals surface area contributed by atoms with E-state index in [9.17, 15) is 4.79 Å². The highest BCUT2D eigenvalue weighted by atomic mass is 16.6. The van der Waals surface area contributed by atoms with Crippen LogP contribution in [0.5, 0.6) is 0 Å². The van der Waals surface area contributed by atoms with Crippen LogP contribution in [0.3, 0.4) is 0 Å². The molecule has 0 aliphatic heterocycles. The average Bonchev–Trinajstić information content (AvgIpc) is 2.61. The van der Waals surface area contributed by atoms with Gasteiger partial charge in [-0.1, -0.05) is 13.8 Å². The van der Waals surface area contributed by atoms with Gasteiger partial charge >= 0.3 is 0 Å². The zero-order chi connectivity index (χ0) is 11.5. The van der Waals surface area contributed by atoms with E-state index in [0.29, 0.717) is 6.54 Å². The molecule has 15 heavy (non-hydrogen) atoms. The minimum Gasteiger partial charge on any atom is -0.396 e. The van der Waals surface area contributed by atoms with Crippen LogP contribution < -0.4 is 11.1 Å². The molecule has 7 heteroatoms. The number of nitrogens with two attached hydrogens (primary N) is 1. The van der Waals surface area contributed by atoms with Crippen LogP contribution in [0.1, 0.15) is 24.3 Å². The number of nitrogens with zero attached hydrogens (tertiary/aromatic N) is 2. The van der Waals surface area contributed by atoms with E-state index < -0.39 is 5.91 Å². The van der Waals surface area contributed by atoms with Crippen LogP contribution in [0.25, 0.3) is 0 Å². The molecular weight excluding hydrogens is 200 g/mol. The Hall–Kier alpha value is -1.63. The van der Waals surface area contributed by atoms with Crippen molar-refractivity contribution in [1.29, 1.82) is 0 Å². The lowest BCUT2D eigenvalue weighted by atomic mass is 9.95. The summed E-state index contributed by atoms with van der Waals surface area (Å²) >= 11 is 0. The molecule has 1 aromatic rings. The Labute approximate surface area is 86.6 Å². The SMILES string of the molecule is CC(C)(CO)CNC(=O)c1nonc1N. The summed E-state index contributed by atoms with van der Waals surface area (Å²) in [7, 11) is 0. The van der Waals surface area contributed by atoms with Crippen molar-refractivity contribution in [1.82, 2.24) is 15.6 Å². The third-order valence-electron chi connectivity index (χ3n) is 1.88. The summed E-state index contributed by atoms with van der Waals surface area (Å²) in [6.45, 7) is 3.92. The second-order valence-electron chi connectivity index (χ2n) is 4.00. The molecule has 0 aliphatic rings. The number of hydrogen-bond acceptors (Lipinski definition) is 6. The molecule has 0 saturated carbocycles. The molecule has 84 valence electrons. The zero-order valence-electron chi connectivity index (χ0n) is 8.65. The summed E-state index contributed by atoms with van der Waals surface area (Å²) in [6, 6.07) is 0. The molecule has 0 aromatic carbocycles. The first-order valence-electron chi connectivity index (χ1n) is 4.43. The van der Waals surface area contributed by atoms with Gasteiger partial charge in [0.25, 0.3) is 5.91 Å². The number of nitrogen functional groups attached to an aromatic ring is 1. The van der Waals surface area contributed by atoms with Crippen molar-refractivity contribution in [2.24, 2.45) is 5.41 Å². The average molecular weight is 214 g/mol. The lowest BCUT2D eigenvalue weighted by molar-refractivity contribution is 0.0902. The fourth-order valence-corrected chi connectivity index (χ4v) is 0.812. The van der Waals surface area contributed by atoms with Gasteiger partial charge in [0, 0.05) is 18.6 Å². The molecule has 0 bridgehead atoms. The van der Waals surface area contributed by atoms with E-state index >= 15 is 0 Å². The predicted molar refractivity (Wildman–Crippen MR) is 51.9 cm³/mol. The predicted octanol–water partition coefficient (Wildman–Crippen LogP) is -0.600. The molecule has 0 unspecified atom stereocenters. The third-order valence-corrected chi connectivity index (χ3v) is 1.88. The van der Waals surface area contributed by atoms with Gasteiger partial charge in [-0.2, -0.15) is 0 Å². The lowest BCUT2D eigenvalue weighted by Gasteiger charge is -2.21. The fourth-order valence-electron chi connectivity index (χ4n) is 0.812. The standard InChI is InChI=1S/C8H14N4O3/c1-8(2,4-13)3-10-7(14)5-6(9)12-15-11-5/h13H,3-4H2,1-2H3,(H2,9,12)(H,10,14). The minimum absolute atomic E-state index is 0.0279. The number of carbonyl (C=O) groups is 1. The number of hydrogen-bond donors (Lipinski definition) is 3. The normalized spacial score (nSPS) is 11.4. The van der Waals surface area contributed by atoms with Crippen LogP contribution >= 0.6 is 0 Å². The van der Waals surface area contributed by atoms with Crippen LogP contribution in [0.15, 0.2) is 4.63 Å². The van der Waals surface area contributed by atoms with Crippen molar-refractivity contribution < 1.29 is 14.5 Å². The molecule has 0 aliphatic carbocycles. The number of nitrogens with one attached hydrogen (secondary N) is 1. The van der Waals surface area contributed by atoms with E-state index in [0.717, 1.165) is 0 Å². The Morgan fingerprint density at radius 3 is 2.73 bits per heavy atom. The van der Waals surface area contributed by atoms with Crippen molar-refractivity contribution in [2.75, 3.05) is 18.9 Å². The van der Waals surface area contributed by atoms with Gasteiger partial charge in [0.1, 0.15) is 0 Å². The van der Waals surface area contributed by atoms with Crippen LogP contribution in [0.4, 0.5) is 5.82 Å². The third kappa shape index (κ3) is 2.91. The van der Waals surface area contributed by atoms with Crippen LogP contribution in [-0.2, 0) is 0 Å². The zero-order valence-corrected chi connectivity index (χ0v) is 8.65. The van der Waals surface area contributed by atoms with Crippen molar-refractivity contribution in [3.05, 3.63) is 5.69 Å². The maximum absolute atomic E-state index is 11.5. The van der Waals surface area contributed by atoms with E-state index in [1.807, 2.05) is 13.8 Å². The Kier molecular flexibility index (Phi) is 3.25. The number of amides is 1. The van der Waals surface area contributed by atoms with Gasteiger partial charge in [0.15, 0.2) is 0 Å². The Morgan fingerprint density at radius 1 is 1.60 bits per heavy atom. The number of aliphatic hydroxyl groups excluding tert-OH is 1. The van der Waals surface area contributed by atoms with Gasteiger partial charge in [0.2, 0.25) is 11.5 Å². The fraction of sp³-hybridized carbons (Fsp3) is 0.625. The molecular formula is C8H14N4O3. The van der Waals surface area contributed by atoms with E-state index in [-0.39, 0.29) is 23.5 Å². The number of aromatic nitrogens is 2. The molecule has 1 rings (SSSR count). The lowest BCUT2D eigenvalue weighted by Crippen LogP contribution is -2.36. The van der Waals surface area contributed by atoms with Crippen LogP contribution in [0, 0.1) is 5.41 Å². The van der Waals surface area contributed by atoms with Gasteiger partial charge in [-0.3, -0.25) is 4.79 Å². The number of anilines is 1. The van der Waals surface area contributed by atoms with E-state index in [2.05, 4.69) is 20.3 Å². The van der Waals surface area contributed by atoms with Crippen LogP contribution in [-0.4, -0.2) is 34.5 Å². The first kappa shape index (κ1) is 11.4. The molecule has 0 radical (unpaired) electrons. The maximum Gasteiger partial charge on any atom is 0.277 e. The summed E-state index contributed by atoms with van der Waals surface area (Å²) < 4.78 is 4.29. The Balaban J connectivity index is 2.55.